The van der Waals surface area contributed by atoms with Crippen molar-refractivity contribution in [1.29, 1.82) is 0 Å². The monoisotopic (exact) mass is 301 g/mol. The second-order valence-corrected chi connectivity index (χ2v) is 5.60. The Morgan fingerprint density at radius 3 is 2.47 bits per heavy atom. The largest absolute Gasteiger partial charge is 0.301 e. The summed E-state index contributed by atoms with van der Waals surface area (Å²) in [6, 6.07) is 0. The highest BCUT2D eigenvalue weighted by Crippen LogP contribution is 2.29. The van der Waals surface area contributed by atoms with E-state index in [1.807, 2.05) is 17.9 Å². The van der Waals surface area contributed by atoms with E-state index in [9.17, 15) is 0 Å². The Morgan fingerprint density at radius 1 is 1.41 bits per heavy atom. The summed E-state index contributed by atoms with van der Waals surface area (Å²) in [5.41, 5.74) is 1.68. The minimum Gasteiger partial charge on any atom is -0.301 e. The van der Waals surface area contributed by atoms with Gasteiger partial charge in [0.25, 0.3) is 0 Å². The number of nitrogens with zero attached hydrogens (tertiary/aromatic N) is 3. The quantitative estimate of drug-likeness (QED) is 0.722. The molecule has 4 heteroatoms. The summed E-state index contributed by atoms with van der Waals surface area (Å²) < 4.78 is 1.86. The van der Waals surface area contributed by atoms with E-state index in [0.717, 1.165) is 18.4 Å². The van der Waals surface area contributed by atoms with Crippen LogP contribution in [-0.2, 0) is 13.6 Å². The second-order valence-electron chi connectivity index (χ2n) is 5.04. The molecule has 1 rings (SSSR count). The van der Waals surface area contributed by atoms with Crippen molar-refractivity contribution < 1.29 is 0 Å². The Labute approximate surface area is 113 Å². The minimum atomic E-state index is 0.400. The van der Waals surface area contributed by atoms with Gasteiger partial charge in [-0.2, -0.15) is 5.10 Å². The number of alkyl halides is 1. The van der Waals surface area contributed by atoms with Gasteiger partial charge in [0.15, 0.2) is 0 Å². The predicted molar refractivity (Wildman–Crippen MR) is 76.4 cm³/mol. The van der Waals surface area contributed by atoms with Gasteiger partial charge in [-0.15, -0.1) is 0 Å². The molecule has 0 aliphatic carbocycles. The molecule has 0 saturated heterocycles. The molecule has 0 atom stereocenters. The van der Waals surface area contributed by atoms with Gasteiger partial charge in [-0.1, -0.05) is 29.8 Å². The molecule has 3 nitrogen and oxygen atoms in total. The van der Waals surface area contributed by atoms with E-state index in [0.29, 0.717) is 5.41 Å². The molecule has 0 aliphatic rings. The molecule has 0 unspecified atom stereocenters. The second kappa shape index (κ2) is 6.55. The Kier molecular flexibility index (Phi) is 5.67. The van der Waals surface area contributed by atoms with Gasteiger partial charge in [-0.05, 0) is 25.3 Å². The molecule has 17 heavy (non-hydrogen) atoms. The summed E-state index contributed by atoms with van der Waals surface area (Å²) in [5.74, 6) is 0. The van der Waals surface area contributed by atoms with Crippen LogP contribution >= 0.6 is 15.9 Å². The van der Waals surface area contributed by atoms with Crippen molar-refractivity contribution in [3.05, 3.63) is 18.0 Å². The Bertz CT molecular complexity index is 323. The van der Waals surface area contributed by atoms with Crippen molar-refractivity contribution >= 4 is 15.9 Å². The zero-order valence-corrected chi connectivity index (χ0v) is 13.0. The molecule has 0 aliphatic heterocycles. The molecule has 0 fully saturated rings. The molecule has 0 aromatic carbocycles. The molecule has 0 spiro atoms. The average molecular weight is 302 g/mol. The predicted octanol–water partition coefficient (Wildman–Crippen LogP) is 3.05. The molecule has 0 N–H and O–H groups in total. The van der Waals surface area contributed by atoms with Gasteiger partial charge in [-0.25, -0.2) is 0 Å². The fourth-order valence-corrected chi connectivity index (χ4v) is 3.17. The lowest BCUT2D eigenvalue weighted by Gasteiger charge is -2.34. The lowest BCUT2D eigenvalue weighted by molar-refractivity contribution is 0.180. The van der Waals surface area contributed by atoms with Crippen LogP contribution in [0.2, 0.25) is 0 Å². The third kappa shape index (κ3) is 4.11. The summed E-state index contributed by atoms with van der Waals surface area (Å²) in [4.78, 5) is 2.39. The highest BCUT2D eigenvalue weighted by atomic mass is 79.9. The number of hydrogen-bond donors (Lipinski definition) is 0. The highest BCUT2D eigenvalue weighted by molar-refractivity contribution is 9.09. The first-order valence-electron chi connectivity index (χ1n) is 6.27. The van der Waals surface area contributed by atoms with E-state index < -0.39 is 0 Å². The first kappa shape index (κ1) is 14.7. The summed E-state index contributed by atoms with van der Waals surface area (Å²) >= 11 is 3.67. The number of hydrogen-bond acceptors (Lipinski definition) is 2. The van der Waals surface area contributed by atoms with E-state index in [-0.39, 0.29) is 0 Å². The third-order valence-electron chi connectivity index (χ3n) is 3.60. The van der Waals surface area contributed by atoms with E-state index >= 15 is 0 Å². The van der Waals surface area contributed by atoms with Gasteiger partial charge < -0.3 is 4.90 Å². The topological polar surface area (TPSA) is 21.1 Å². The van der Waals surface area contributed by atoms with E-state index in [1.54, 1.807) is 0 Å². The van der Waals surface area contributed by atoms with E-state index in [4.69, 9.17) is 0 Å². The third-order valence-corrected chi connectivity index (χ3v) is 4.79. The van der Waals surface area contributed by atoms with E-state index in [1.165, 1.54) is 18.4 Å². The number of rotatable bonds is 7. The average Bonchev–Trinajstić information content (AvgIpc) is 2.72. The zero-order valence-electron chi connectivity index (χ0n) is 11.4. The smallest absolute Gasteiger partial charge is 0.0534 e. The fraction of sp³-hybridized carbons (Fsp3) is 0.769. The van der Waals surface area contributed by atoms with Gasteiger partial charge >= 0.3 is 0 Å². The molecular formula is C13H24BrN3. The molecule has 1 heterocycles. The maximum Gasteiger partial charge on any atom is 0.0534 e. The normalized spacial score (nSPS) is 12.4. The lowest BCUT2D eigenvalue weighted by atomic mass is 9.84. The van der Waals surface area contributed by atoms with Gasteiger partial charge in [0.2, 0.25) is 0 Å². The van der Waals surface area contributed by atoms with Crippen molar-refractivity contribution in [3.8, 4) is 0 Å². The molecule has 98 valence electrons. The standard InChI is InChI=1S/C13H24BrN3/c1-5-13(6-2,10-14)11-16(3)8-12-7-15-17(4)9-12/h7,9H,5-6,8,10-11H2,1-4H3. The zero-order chi connectivity index (χ0) is 12.9. The first-order chi connectivity index (χ1) is 8.05. The Morgan fingerprint density at radius 2 is 2.06 bits per heavy atom. The molecule has 1 aromatic rings. The molecule has 0 saturated carbocycles. The highest BCUT2D eigenvalue weighted by Gasteiger charge is 2.26. The van der Waals surface area contributed by atoms with Crippen LogP contribution in [0.5, 0.6) is 0 Å². The summed E-state index contributed by atoms with van der Waals surface area (Å²) in [5, 5.41) is 5.28. The van der Waals surface area contributed by atoms with Gasteiger partial charge in [0.05, 0.1) is 6.20 Å². The van der Waals surface area contributed by atoms with Crippen LogP contribution in [0.1, 0.15) is 32.3 Å². The summed E-state index contributed by atoms with van der Waals surface area (Å²) in [6.07, 6.45) is 6.46. The molecule has 1 aromatic heterocycles. The van der Waals surface area contributed by atoms with Crippen molar-refractivity contribution in [2.45, 2.75) is 33.2 Å². The van der Waals surface area contributed by atoms with Crippen LogP contribution in [0.3, 0.4) is 0 Å². The Balaban J connectivity index is 2.56. The first-order valence-corrected chi connectivity index (χ1v) is 7.39. The molecule has 0 bridgehead atoms. The van der Waals surface area contributed by atoms with Crippen LogP contribution in [-0.4, -0.2) is 33.6 Å². The number of halogens is 1. The lowest BCUT2D eigenvalue weighted by Crippen LogP contribution is -2.35. The number of aromatic nitrogens is 2. The minimum absolute atomic E-state index is 0.400. The van der Waals surface area contributed by atoms with Crippen LogP contribution in [0, 0.1) is 5.41 Å². The SMILES string of the molecule is CCC(CC)(CBr)CN(C)Cc1cnn(C)c1. The number of aryl methyl sites for hydroxylation is 1. The maximum absolute atomic E-state index is 4.21. The molecular weight excluding hydrogens is 278 g/mol. The summed E-state index contributed by atoms with van der Waals surface area (Å²) in [6.45, 7) is 6.66. The van der Waals surface area contributed by atoms with Crippen LogP contribution in [0.25, 0.3) is 0 Å². The van der Waals surface area contributed by atoms with Crippen molar-refractivity contribution in [1.82, 2.24) is 14.7 Å². The van der Waals surface area contributed by atoms with Gasteiger partial charge in [-0.3, -0.25) is 4.68 Å². The fourth-order valence-electron chi connectivity index (χ4n) is 2.20. The summed E-state index contributed by atoms with van der Waals surface area (Å²) in [7, 11) is 4.15. The van der Waals surface area contributed by atoms with Gasteiger partial charge in [0.1, 0.15) is 0 Å². The Hall–Kier alpha value is -0.350. The maximum atomic E-state index is 4.21. The van der Waals surface area contributed by atoms with Gasteiger partial charge in [0, 0.05) is 37.2 Å². The van der Waals surface area contributed by atoms with Crippen LogP contribution < -0.4 is 0 Å². The van der Waals surface area contributed by atoms with Crippen molar-refractivity contribution in [2.24, 2.45) is 12.5 Å². The van der Waals surface area contributed by atoms with E-state index in [2.05, 4.69) is 53.0 Å². The van der Waals surface area contributed by atoms with Crippen molar-refractivity contribution in [2.75, 3.05) is 18.9 Å². The van der Waals surface area contributed by atoms with Crippen LogP contribution in [0.4, 0.5) is 0 Å². The van der Waals surface area contributed by atoms with Crippen LogP contribution in [0.15, 0.2) is 12.4 Å². The van der Waals surface area contributed by atoms with Crippen molar-refractivity contribution in [3.63, 3.8) is 0 Å². The molecule has 0 radical (unpaired) electrons. The molecule has 0 amide bonds.